The van der Waals surface area contributed by atoms with Gasteiger partial charge in [-0.1, -0.05) is 54.1 Å². The first-order valence-corrected chi connectivity index (χ1v) is 11.6. The van der Waals surface area contributed by atoms with Crippen LogP contribution in [-0.2, 0) is 0 Å². The highest BCUT2D eigenvalue weighted by molar-refractivity contribution is 6.33. The molecule has 2 saturated carbocycles. The molecule has 1 amide bonds. The molecule has 3 aromatic rings. The first kappa shape index (κ1) is 18.9. The van der Waals surface area contributed by atoms with Gasteiger partial charge >= 0.3 is 0 Å². The number of rotatable bonds is 3. The SMILES string of the molecule is O=C(Nc1ccccc1Cl)c1ccc2c(c1)[C@@H]1[C@H]3CC[C@@H](C3)[C@H]1[C@@H](c1ccccc1)N2. The number of carbonyl (C=O) groups excluding carboxylic acids is 1. The Morgan fingerprint density at radius 1 is 0.935 bits per heavy atom. The zero-order valence-corrected chi connectivity index (χ0v) is 18.0. The van der Waals surface area contributed by atoms with Crippen molar-refractivity contribution in [1.29, 1.82) is 0 Å². The van der Waals surface area contributed by atoms with Crippen LogP contribution in [-0.4, -0.2) is 5.91 Å². The Balaban J connectivity index is 1.36. The Morgan fingerprint density at radius 3 is 2.55 bits per heavy atom. The zero-order chi connectivity index (χ0) is 20.9. The predicted octanol–water partition coefficient (Wildman–Crippen LogP) is 6.89. The van der Waals surface area contributed by atoms with Crippen LogP contribution in [0.1, 0.15) is 52.7 Å². The molecule has 3 aromatic carbocycles. The van der Waals surface area contributed by atoms with E-state index < -0.39 is 0 Å². The molecule has 2 N–H and O–H groups in total. The van der Waals surface area contributed by atoms with Crippen LogP contribution < -0.4 is 10.6 Å². The lowest BCUT2D eigenvalue weighted by Gasteiger charge is -2.43. The normalized spacial score (nSPS) is 27.8. The molecule has 156 valence electrons. The van der Waals surface area contributed by atoms with Crippen LogP contribution in [0.4, 0.5) is 11.4 Å². The van der Waals surface area contributed by atoms with Gasteiger partial charge in [0, 0.05) is 11.3 Å². The fourth-order valence-electron chi connectivity index (χ4n) is 6.37. The number of halogens is 1. The van der Waals surface area contributed by atoms with Crippen molar-refractivity contribution in [1.82, 2.24) is 0 Å². The molecule has 31 heavy (non-hydrogen) atoms. The van der Waals surface area contributed by atoms with E-state index in [1.807, 2.05) is 24.3 Å². The summed E-state index contributed by atoms with van der Waals surface area (Å²) in [6.07, 6.45) is 3.96. The fraction of sp³-hybridized carbons (Fsp3) is 0.296. The average molecular weight is 429 g/mol. The Labute approximate surface area is 187 Å². The van der Waals surface area contributed by atoms with Gasteiger partial charge in [-0.3, -0.25) is 4.79 Å². The highest BCUT2D eigenvalue weighted by Gasteiger charge is 2.53. The van der Waals surface area contributed by atoms with E-state index in [4.69, 9.17) is 11.6 Å². The van der Waals surface area contributed by atoms with Crippen LogP contribution in [0.3, 0.4) is 0 Å². The molecule has 0 saturated heterocycles. The molecule has 3 nitrogen and oxygen atoms in total. The number of carbonyl (C=O) groups is 1. The van der Waals surface area contributed by atoms with E-state index in [1.54, 1.807) is 6.07 Å². The van der Waals surface area contributed by atoms with Gasteiger partial charge in [0.25, 0.3) is 5.91 Å². The minimum Gasteiger partial charge on any atom is -0.378 e. The summed E-state index contributed by atoms with van der Waals surface area (Å²) >= 11 is 6.24. The molecule has 3 aliphatic rings. The Bertz CT molecular complexity index is 1140. The molecule has 4 heteroatoms. The van der Waals surface area contributed by atoms with Gasteiger partial charge in [0.15, 0.2) is 0 Å². The lowest BCUT2D eigenvalue weighted by Crippen LogP contribution is -2.35. The molecule has 5 atom stereocenters. The molecular weight excluding hydrogens is 404 g/mol. The van der Waals surface area contributed by atoms with E-state index in [2.05, 4.69) is 53.1 Å². The second kappa shape index (κ2) is 7.42. The van der Waals surface area contributed by atoms with E-state index in [0.29, 0.717) is 34.2 Å². The van der Waals surface area contributed by atoms with Gasteiger partial charge in [0.2, 0.25) is 0 Å². The molecular formula is C27H25ClN2O. The summed E-state index contributed by atoms with van der Waals surface area (Å²) in [6.45, 7) is 0. The molecule has 6 rings (SSSR count). The number of fused-ring (bicyclic) bond motifs is 7. The second-order valence-electron chi connectivity index (χ2n) is 9.21. The van der Waals surface area contributed by atoms with Crippen LogP contribution in [0.15, 0.2) is 72.8 Å². The molecule has 2 bridgehead atoms. The molecule has 2 aliphatic carbocycles. The van der Waals surface area contributed by atoms with Gasteiger partial charge < -0.3 is 10.6 Å². The summed E-state index contributed by atoms with van der Waals surface area (Å²) in [4.78, 5) is 13.0. The van der Waals surface area contributed by atoms with E-state index in [9.17, 15) is 4.79 Å². The van der Waals surface area contributed by atoms with Gasteiger partial charge in [-0.05, 0) is 84.4 Å². The van der Waals surface area contributed by atoms with E-state index in [1.165, 1.54) is 36.1 Å². The number of hydrogen-bond acceptors (Lipinski definition) is 2. The third-order valence-electron chi connectivity index (χ3n) is 7.63. The maximum Gasteiger partial charge on any atom is 0.255 e. The number of nitrogens with one attached hydrogen (secondary N) is 2. The predicted molar refractivity (Wildman–Crippen MR) is 126 cm³/mol. The quantitative estimate of drug-likeness (QED) is 0.477. The van der Waals surface area contributed by atoms with Crippen LogP contribution >= 0.6 is 11.6 Å². The van der Waals surface area contributed by atoms with Gasteiger partial charge in [-0.15, -0.1) is 0 Å². The van der Waals surface area contributed by atoms with Gasteiger partial charge in [-0.25, -0.2) is 0 Å². The third kappa shape index (κ3) is 3.14. The summed E-state index contributed by atoms with van der Waals surface area (Å²) in [5.41, 5.74) is 5.21. The maximum absolute atomic E-state index is 13.0. The van der Waals surface area contributed by atoms with Crippen molar-refractivity contribution in [3.63, 3.8) is 0 Å². The first-order chi connectivity index (χ1) is 15.2. The summed E-state index contributed by atoms with van der Waals surface area (Å²) in [5.74, 6) is 2.50. The van der Waals surface area contributed by atoms with Crippen molar-refractivity contribution in [2.24, 2.45) is 17.8 Å². The smallest absolute Gasteiger partial charge is 0.255 e. The van der Waals surface area contributed by atoms with Crippen LogP contribution in [0.2, 0.25) is 5.02 Å². The van der Waals surface area contributed by atoms with E-state index >= 15 is 0 Å². The molecule has 0 unspecified atom stereocenters. The van der Waals surface area contributed by atoms with Gasteiger partial charge in [0.05, 0.1) is 16.8 Å². The molecule has 1 aliphatic heterocycles. The van der Waals surface area contributed by atoms with E-state index in [-0.39, 0.29) is 5.91 Å². The van der Waals surface area contributed by atoms with Gasteiger partial charge in [-0.2, -0.15) is 0 Å². The second-order valence-corrected chi connectivity index (χ2v) is 9.61. The first-order valence-electron chi connectivity index (χ1n) is 11.2. The fourth-order valence-corrected chi connectivity index (χ4v) is 6.56. The monoisotopic (exact) mass is 428 g/mol. The van der Waals surface area contributed by atoms with Crippen LogP contribution in [0.5, 0.6) is 0 Å². The maximum atomic E-state index is 13.0. The lowest BCUT2D eigenvalue weighted by molar-refractivity contribution is 0.102. The van der Waals surface area contributed by atoms with Crippen molar-refractivity contribution >= 4 is 28.9 Å². The Morgan fingerprint density at radius 2 is 1.71 bits per heavy atom. The van der Waals surface area contributed by atoms with E-state index in [0.717, 1.165) is 11.8 Å². The van der Waals surface area contributed by atoms with Crippen molar-refractivity contribution in [3.05, 3.63) is 94.5 Å². The van der Waals surface area contributed by atoms with Crippen molar-refractivity contribution in [3.8, 4) is 0 Å². The third-order valence-corrected chi connectivity index (χ3v) is 7.96. The minimum atomic E-state index is -0.110. The Kier molecular flexibility index (Phi) is 4.53. The largest absolute Gasteiger partial charge is 0.378 e. The molecule has 0 spiro atoms. The van der Waals surface area contributed by atoms with Crippen molar-refractivity contribution < 1.29 is 4.79 Å². The van der Waals surface area contributed by atoms with Crippen LogP contribution in [0, 0.1) is 17.8 Å². The number of hydrogen-bond donors (Lipinski definition) is 2. The number of amides is 1. The minimum absolute atomic E-state index is 0.110. The topological polar surface area (TPSA) is 41.1 Å². The zero-order valence-electron chi connectivity index (χ0n) is 17.2. The highest BCUT2D eigenvalue weighted by atomic mass is 35.5. The molecule has 1 heterocycles. The molecule has 0 radical (unpaired) electrons. The van der Waals surface area contributed by atoms with Crippen molar-refractivity contribution in [2.45, 2.75) is 31.2 Å². The summed E-state index contributed by atoms with van der Waals surface area (Å²) in [6, 6.07) is 24.7. The van der Waals surface area contributed by atoms with Crippen LogP contribution in [0.25, 0.3) is 0 Å². The number of anilines is 2. The molecule has 2 fully saturated rings. The molecule has 0 aromatic heterocycles. The summed E-state index contributed by atoms with van der Waals surface area (Å²) in [5, 5.41) is 7.36. The summed E-state index contributed by atoms with van der Waals surface area (Å²) < 4.78 is 0. The number of para-hydroxylation sites is 1. The van der Waals surface area contributed by atoms with Crippen molar-refractivity contribution in [2.75, 3.05) is 10.6 Å². The summed E-state index contributed by atoms with van der Waals surface area (Å²) in [7, 11) is 0. The Hall–Kier alpha value is -2.78. The van der Waals surface area contributed by atoms with Gasteiger partial charge in [0.1, 0.15) is 0 Å². The highest BCUT2D eigenvalue weighted by Crippen LogP contribution is 2.63. The number of benzene rings is 3. The average Bonchev–Trinajstić information content (AvgIpc) is 3.43. The lowest BCUT2D eigenvalue weighted by atomic mass is 9.68. The standard InChI is InChI=1S/C27H25ClN2O/c28-21-8-4-5-9-23(21)30-27(31)19-12-13-22-20(15-19)24-17-10-11-18(14-17)25(24)26(29-22)16-6-2-1-3-7-16/h1-9,12-13,15,17-18,24-26,29H,10-11,14H2,(H,30,31)/t17-,18-,24-,25+,26+/m0/s1.